The van der Waals surface area contributed by atoms with Gasteiger partial charge < -0.3 is 5.32 Å². The van der Waals surface area contributed by atoms with E-state index in [4.69, 9.17) is 0 Å². The second kappa shape index (κ2) is 5.44. The molecule has 0 aromatic heterocycles. The van der Waals surface area contributed by atoms with E-state index >= 15 is 0 Å². The van der Waals surface area contributed by atoms with E-state index in [0.29, 0.717) is 5.41 Å². The molecule has 1 aromatic carbocycles. The van der Waals surface area contributed by atoms with Gasteiger partial charge in [-0.1, -0.05) is 43.2 Å². The first-order valence-electron chi connectivity index (χ1n) is 7.27. The molecular formula is C17H27N. The summed E-state index contributed by atoms with van der Waals surface area (Å²) in [6, 6.07) is 6.98. The van der Waals surface area contributed by atoms with Gasteiger partial charge in [0.15, 0.2) is 0 Å². The maximum Gasteiger partial charge on any atom is 0.00111 e. The zero-order valence-electron chi connectivity index (χ0n) is 12.3. The second-order valence-corrected chi connectivity index (χ2v) is 6.70. The molecule has 1 nitrogen and oxygen atoms in total. The van der Waals surface area contributed by atoms with Crippen molar-refractivity contribution in [3.05, 3.63) is 34.9 Å². The maximum atomic E-state index is 3.64. The minimum absolute atomic E-state index is 0.565. The Morgan fingerprint density at radius 2 is 1.72 bits per heavy atom. The third-order valence-electron chi connectivity index (χ3n) is 3.87. The minimum Gasteiger partial charge on any atom is -0.316 e. The second-order valence-electron chi connectivity index (χ2n) is 6.70. The first-order chi connectivity index (χ1) is 8.49. The van der Waals surface area contributed by atoms with Crippen LogP contribution in [-0.4, -0.2) is 13.1 Å². The molecule has 0 unspecified atom stereocenters. The molecule has 0 spiro atoms. The van der Waals surface area contributed by atoms with Crippen LogP contribution in [0, 0.1) is 25.2 Å². The normalized spacial score (nSPS) is 17.2. The van der Waals surface area contributed by atoms with Crippen molar-refractivity contribution >= 4 is 0 Å². The van der Waals surface area contributed by atoms with Crippen molar-refractivity contribution in [2.45, 2.75) is 47.0 Å². The summed E-state index contributed by atoms with van der Waals surface area (Å²) in [6.07, 6.45) is 4.04. The van der Waals surface area contributed by atoms with Gasteiger partial charge in [-0.05, 0) is 56.6 Å². The average Bonchev–Trinajstić information content (AvgIpc) is 2.95. The van der Waals surface area contributed by atoms with Crippen molar-refractivity contribution < 1.29 is 0 Å². The molecule has 2 rings (SSSR count). The molecule has 0 heterocycles. The third kappa shape index (κ3) is 3.84. The molecule has 0 saturated heterocycles. The number of rotatable bonds is 6. The van der Waals surface area contributed by atoms with Gasteiger partial charge in [-0.25, -0.2) is 0 Å². The van der Waals surface area contributed by atoms with Crippen LogP contribution in [0.15, 0.2) is 18.2 Å². The molecule has 1 N–H and O–H groups in total. The van der Waals surface area contributed by atoms with Crippen molar-refractivity contribution in [2.24, 2.45) is 11.3 Å². The summed E-state index contributed by atoms with van der Waals surface area (Å²) in [5.74, 6) is 0.752. The Labute approximate surface area is 112 Å². The van der Waals surface area contributed by atoms with Crippen LogP contribution in [0.3, 0.4) is 0 Å². The molecule has 0 aliphatic heterocycles. The third-order valence-corrected chi connectivity index (χ3v) is 3.87. The molecule has 18 heavy (non-hydrogen) atoms. The van der Waals surface area contributed by atoms with E-state index in [1.54, 1.807) is 0 Å². The lowest BCUT2D eigenvalue weighted by Gasteiger charge is -2.18. The van der Waals surface area contributed by atoms with Crippen molar-refractivity contribution in [3.8, 4) is 0 Å². The van der Waals surface area contributed by atoms with Gasteiger partial charge in [0.1, 0.15) is 0 Å². The van der Waals surface area contributed by atoms with E-state index < -0.39 is 0 Å². The molecular weight excluding hydrogens is 218 g/mol. The zero-order valence-corrected chi connectivity index (χ0v) is 12.3. The van der Waals surface area contributed by atoms with Gasteiger partial charge in [-0.2, -0.15) is 0 Å². The van der Waals surface area contributed by atoms with Gasteiger partial charge in [-0.3, -0.25) is 0 Å². The number of hydrogen-bond acceptors (Lipinski definition) is 1. The largest absolute Gasteiger partial charge is 0.316 e. The standard InChI is InChI=1S/C17H27N/c1-13(2)11-18-12-17(5-6-17)10-16-8-14(3)7-15(4)9-16/h7-9,13,18H,5-6,10-12H2,1-4H3. The van der Waals surface area contributed by atoms with Crippen molar-refractivity contribution in [2.75, 3.05) is 13.1 Å². The SMILES string of the molecule is Cc1cc(C)cc(CC2(CNCC(C)C)CC2)c1. The predicted octanol–water partition coefficient (Wildman–Crippen LogP) is 3.87. The molecule has 0 atom stereocenters. The van der Waals surface area contributed by atoms with Gasteiger partial charge in [0, 0.05) is 6.54 Å². The van der Waals surface area contributed by atoms with Gasteiger partial charge in [0.05, 0.1) is 0 Å². The molecule has 100 valence electrons. The van der Waals surface area contributed by atoms with Gasteiger partial charge in [-0.15, -0.1) is 0 Å². The Kier molecular flexibility index (Phi) is 4.11. The quantitative estimate of drug-likeness (QED) is 0.802. The molecule has 1 aliphatic carbocycles. The Morgan fingerprint density at radius 3 is 2.22 bits per heavy atom. The van der Waals surface area contributed by atoms with E-state index in [2.05, 4.69) is 51.2 Å². The Bertz CT molecular complexity index is 382. The highest BCUT2D eigenvalue weighted by molar-refractivity contribution is 5.30. The highest BCUT2D eigenvalue weighted by Gasteiger charge is 2.41. The van der Waals surface area contributed by atoms with Crippen LogP contribution in [0.5, 0.6) is 0 Å². The van der Waals surface area contributed by atoms with E-state index in [0.717, 1.165) is 12.5 Å². The smallest absolute Gasteiger partial charge is 0.00111 e. The summed E-state index contributed by atoms with van der Waals surface area (Å²) in [7, 11) is 0. The average molecular weight is 245 g/mol. The summed E-state index contributed by atoms with van der Waals surface area (Å²) < 4.78 is 0. The van der Waals surface area contributed by atoms with Gasteiger partial charge >= 0.3 is 0 Å². The van der Waals surface area contributed by atoms with Crippen molar-refractivity contribution in [1.29, 1.82) is 0 Å². The Morgan fingerprint density at radius 1 is 1.11 bits per heavy atom. The summed E-state index contributed by atoms with van der Waals surface area (Å²) in [5.41, 5.74) is 4.89. The molecule has 0 bridgehead atoms. The van der Waals surface area contributed by atoms with E-state index in [-0.39, 0.29) is 0 Å². The number of hydrogen-bond donors (Lipinski definition) is 1. The molecule has 1 heteroatoms. The summed E-state index contributed by atoms with van der Waals surface area (Å²) in [5, 5.41) is 3.64. The maximum absolute atomic E-state index is 3.64. The van der Waals surface area contributed by atoms with Crippen LogP contribution in [0.1, 0.15) is 43.4 Å². The van der Waals surface area contributed by atoms with Crippen LogP contribution >= 0.6 is 0 Å². The molecule has 1 saturated carbocycles. The number of aryl methyl sites for hydroxylation is 2. The minimum atomic E-state index is 0.565. The first-order valence-corrected chi connectivity index (χ1v) is 7.27. The van der Waals surface area contributed by atoms with Crippen LogP contribution in [0.2, 0.25) is 0 Å². The van der Waals surface area contributed by atoms with Gasteiger partial charge in [0.25, 0.3) is 0 Å². The fourth-order valence-electron chi connectivity index (χ4n) is 2.82. The fourth-order valence-corrected chi connectivity index (χ4v) is 2.82. The monoisotopic (exact) mass is 245 g/mol. The summed E-state index contributed by atoms with van der Waals surface area (Å²) in [6.45, 7) is 11.3. The lowest BCUT2D eigenvalue weighted by Crippen LogP contribution is -2.28. The van der Waals surface area contributed by atoms with Crippen LogP contribution in [-0.2, 0) is 6.42 Å². The Balaban J connectivity index is 1.91. The lowest BCUT2D eigenvalue weighted by atomic mass is 9.94. The molecule has 1 aliphatic rings. The summed E-state index contributed by atoms with van der Waals surface area (Å²) in [4.78, 5) is 0. The number of benzene rings is 1. The molecule has 0 radical (unpaired) electrons. The van der Waals surface area contributed by atoms with Crippen LogP contribution in [0.4, 0.5) is 0 Å². The van der Waals surface area contributed by atoms with Crippen LogP contribution < -0.4 is 5.32 Å². The Hall–Kier alpha value is -0.820. The predicted molar refractivity (Wildman–Crippen MR) is 79.0 cm³/mol. The molecule has 1 fully saturated rings. The van der Waals surface area contributed by atoms with Gasteiger partial charge in [0.2, 0.25) is 0 Å². The molecule has 0 amide bonds. The van der Waals surface area contributed by atoms with Crippen molar-refractivity contribution in [1.82, 2.24) is 5.32 Å². The van der Waals surface area contributed by atoms with E-state index in [1.165, 1.54) is 42.5 Å². The lowest BCUT2D eigenvalue weighted by molar-refractivity contribution is 0.432. The first kappa shape index (κ1) is 13.6. The van der Waals surface area contributed by atoms with E-state index in [1.807, 2.05) is 0 Å². The van der Waals surface area contributed by atoms with Crippen molar-refractivity contribution in [3.63, 3.8) is 0 Å². The fraction of sp³-hybridized carbons (Fsp3) is 0.647. The molecule has 1 aromatic rings. The summed E-state index contributed by atoms with van der Waals surface area (Å²) >= 11 is 0. The van der Waals surface area contributed by atoms with Crippen LogP contribution in [0.25, 0.3) is 0 Å². The zero-order chi connectivity index (χ0) is 13.2. The highest BCUT2D eigenvalue weighted by Crippen LogP contribution is 2.47. The van der Waals surface area contributed by atoms with E-state index in [9.17, 15) is 0 Å². The highest BCUT2D eigenvalue weighted by atomic mass is 14.9. The number of nitrogens with one attached hydrogen (secondary N) is 1. The topological polar surface area (TPSA) is 12.0 Å².